The maximum absolute atomic E-state index is 12.9. The molecule has 3 heterocycles. The van der Waals surface area contributed by atoms with E-state index in [9.17, 15) is 4.79 Å². The number of carbonyl (C=O) groups excluding carboxylic acids is 1. The second-order valence-corrected chi connectivity index (χ2v) is 8.69. The van der Waals surface area contributed by atoms with Crippen LogP contribution in [0.5, 0.6) is 0 Å². The largest absolute Gasteiger partial charge is 0.469 e. The lowest BCUT2D eigenvalue weighted by atomic mass is 10.2. The van der Waals surface area contributed by atoms with Crippen molar-refractivity contribution in [3.63, 3.8) is 0 Å². The Labute approximate surface area is 165 Å². The van der Waals surface area contributed by atoms with Crippen LogP contribution < -0.4 is 4.90 Å². The first-order valence-electron chi connectivity index (χ1n) is 8.68. The number of aromatic nitrogens is 2. The van der Waals surface area contributed by atoms with Crippen molar-refractivity contribution in [1.29, 1.82) is 0 Å². The van der Waals surface area contributed by atoms with Crippen LogP contribution in [0.15, 0.2) is 55.5 Å². The number of aryl methyl sites for hydroxylation is 1. The van der Waals surface area contributed by atoms with Gasteiger partial charge in [0.2, 0.25) is 5.91 Å². The minimum absolute atomic E-state index is 0.0430. The van der Waals surface area contributed by atoms with Gasteiger partial charge in [-0.25, -0.2) is 0 Å². The second kappa shape index (κ2) is 7.82. The molecule has 0 bridgehead atoms. The number of nitrogens with zero attached hydrogens (tertiary/aromatic N) is 3. The average molecular weight is 402 g/mol. The fraction of sp³-hybridized carbons (Fsp3) is 0.316. The number of hydrogen-bond acceptors (Lipinski definition) is 7. The summed E-state index contributed by atoms with van der Waals surface area (Å²) in [6.45, 7) is 4.75. The topological polar surface area (TPSA) is 72.4 Å². The number of anilines is 1. The van der Waals surface area contributed by atoms with Gasteiger partial charge in [-0.05, 0) is 31.5 Å². The van der Waals surface area contributed by atoms with Gasteiger partial charge in [0.15, 0.2) is 0 Å². The Morgan fingerprint density at radius 2 is 2.19 bits per heavy atom. The molecule has 6 nitrogen and oxygen atoms in total. The number of carbonyl (C=O) groups is 1. The lowest BCUT2D eigenvalue weighted by Gasteiger charge is -2.22. The first-order chi connectivity index (χ1) is 13.1. The highest BCUT2D eigenvalue weighted by Gasteiger charge is 2.24. The minimum atomic E-state index is 0.0430. The van der Waals surface area contributed by atoms with Crippen LogP contribution in [0, 0.1) is 6.92 Å². The normalized spacial score (nSPS) is 16.8. The summed E-state index contributed by atoms with van der Waals surface area (Å²) in [5.74, 6) is 1.42. The van der Waals surface area contributed by atoms with Gasteiger partial charge >= 0.3 is 0 Å². The molecule has 0 saturated carbocycles. The van der Waals surface area contributed by atoms with Crippen LogP contribution in [0.3, 0.4) is 0 Å². The third-order valence-electron chi connectivity index (χ3n) is 4.36. The van der Waals surface area contributed by atoms with E-state index in [1.807, 2.05) is 41.8 Å². The molecule has 0 saturated heterocycles. The molecular formula is C19H19N3O3S2. The number of hydrogen-bond donors (Lipinski definition) is 0. The molecule has 0 radical (unpaired) electrons. The van der Waals surface area contributed by atoms with Crippen molar-refractivity contribution in [1.82, 2.24) is 10.2 Å². The van der Waals surface area contributed by atoms with Crippen molar-refractivity contribution in [3.05, 3.63) is 42.4 Å². The van der Waals surface area contributed by atoms with Gasteiger partial charge in [0.25, 0.3) is 11.1 Å². The van der Waals surface area contributed by atoms with E-state index in [1.54, 1.807) is 12.3 Å². The highest BCUT2D eigenvalue weighted by molar-refractivity contribution is 8.00. The quantitative estimate of drug-likeness (QED) is 0.589. The predicted molar refractivity (Wildman–Crippen MR) is 106 cm³/mol. The molecule has 8 heteroatoms. The van der Waals surface area contributed by atoms with Crippen molar-refractivity contribution in [2.75, 3.05) is 17.2 Å². The van der Waals surface area contributed by atoms with E-state index in [1.165, 1.54) is 11.8 Å². The van der Waals surface area contributed by atoms with Gasteiger partial charge < -0.3 is 13.7 Å². The smallest absolute Gasteiger partial charge is 0.277 e. The summed E-state index contributed by atoms with van der Waals surface area (Å²) in [6, 6.07) is 9.86. The summed E-state index contributed by atoms with van der Waals surface area (Å²) >= 11 is 3.08. The van der Waals surface area contributed by atoms with E-state index in [0.717, 1.165) is 28.3 Å². The standard InChI is InChI=1S/C19H19N3O3S2/c1-12-7-9-22(15-5-3-4-6-16(15)27-12)17(23)11-26-19-21-20-18(25-19)14-8-10-24-13(14)2/h3-6,8,10,12H,7,9,11H2,1-2H3/t12-/m1/s1. The highest BCUT2D eigenvalue weighted by Crippen LogP contribution is 2.37. The van der Waals surface area contributed by atoms with Crippen LogP contribution >= 0.6 is 23.5 Å². The fourth-order valence-corrected chi connectivity index (χ4v) is 4.68. The Morgan fingerprint density at radius 3 is 3.00 bits per heavy atom. The van der Waals surface area contributed by atoms with Gasteiger partial charge in [0.05, 0.1) is 23.3 Å². The third-order valence-corrected chi connectivity index (χ3v) is 6.40. The predicted octanol–water partition coefficient (Wildman–Crippen LogP) is 4.65. The fourth-order valence-electron chi connectivity index (χ4n) is 2.93. The van der Waals surface area contributed by atoms with Crippen LogP contribution in [-0.4, -0.2) is 33.7 Å². The molecule has 1 aliphatic heterocycles. The lowest BCUT2D eigenvalue weighted by Crippen LogP contribution is -2.33. The van der Waals surface area contributed by atoms with Crippen LogP contribution in [0.25, 0.3) is 11.5 Å². The second-order valence-electron chi connectivity index (χ2n) is 6.28. The highest BCUT2D eigenvalue weighted by atomic mass is 32.2. The third kappa shape index (κ3) is 3.91. The number of amides is 1. The van der Waals surface area contributed by atoms with Gasteiger partial charge in [-0.1, -0.05) is 30.8 Å². The number of fused-ring (bicyclic) bond motifs is 1. The molecule has 0 spiro atoms. The van der Waals surface area contributed by atoms with Crippen molar-refractivity contribution in [2.24, 2.45) is 0 Å². The Hall–Kier alpha value is -2.19. The number of thioether (sulfide) groups is 2. The van der Waals surface area contributed by atoms with Crippen molar-refractivity contribution in [2.45, 2.75) is 35.6 Å². The maximum atomic E-state index is 12.9. The average Bonchev–Trinajstić information content (AvgIpc) is 3.25. The van der Waals surface area contributed by atoms with E-state index in [4.69, 9.17) is 8.83 Å². The molecule has 2 aromatic heterocycles. The first-order valence-corrected chi connectivity index (χ1v) is 10.5. The van der Waals surface area contributed by atoms with Crippen molar-refractivity contribution in [3.8, 4) is 11.5 Å². The molecule has 0 unspecified atom stereocenters. The van der Waals surface area contributed by atoms with Crippen LogP contribution in [0.4, 0.5) is 5.69 Å². The number of furan rings is 1. The van der Waals surface area contributed by atoms with E-state index >= 15 is 0 Å². The number of rotatable bonds is 4. The van der Waals surface area contributed by atoms with Crippen molar-refractivity contribution >= 4 is 35.1 Å². The SMILES string of the molecule is Cc1occc1-c1nnc(SCC(=O)N2CC[C@@H](C)Sc3ccccc32)o1. The summed E-state index contributed by atoms with van der Waals surface area (Å²) in [4.78, 5) is 15.9. The van der Waals surface area contributed by atoms with Gasteiger partial charge in [-0.15, -0.1) is 22.0 Å². The Morgan fingerprint density at radius 1 is 1.33 bits per heavy atom. The van der Waals surface area contributed by atoms with E-state index in [2.05, 4.69) is 23.2 Å². The van der Waals surface area contributed by atoms with Gasteiger partial charge in [0, 0.05) is 16.7 Å². The van der Waals surface area contributed by atoms with Crippen LogP contribution in [-0.2, 0) is 4.79 Å². The Kier molecular flexibility index (Phi) is 5.27. The first kappa shape index (κ1) is 18.2. The molecule has 1 amide bonds. The maximum Gasteiger partial charge on any atom is 0.277 e. The molecule has 140 valence electrons. The lowest BCUT2D eigenvalue weighted by molar-refractivity contribution is -0.116. The monoisotopic (exact) mass is 401 g/mol. The zero-order valence-electron chi connectivity index (χ0n) is 15.0. The Bertz CT molecular complexity index is 953. The van der Waals surface area contributed by atoms with E-state index in [0.29, 0.717) is 22.9 Å². The zero-order chi connectivity index (χ0) is 18.8. The number of benzene rings is 1. The molecule has 1 aromatic carbocycles. The molecule has 0 N–H and O–H groups in total. The molecule has 3 aromatic rings. The zero-order valence-corrected chi connectivity index (χ0v) is 16.7. The van der Waals surface area contributed by atoms with Gasteiger partial charge in [0.1, 0.15) is 5.76 Å². The molecule has 27 heavy (non-hydrogen) atoms. The summed E-state index contributed by atoms with van der Waals surface area (Å²) in [5, 5.41) is 8.94. The molecular weight excluding hydrogens is 382 g/mol. The molecule has 0 aliphatic carbocycles. The van der Waals surface area contributed by atoms with Gasteiger partial charge in [-0.2, -0.15) is 0 Å². The molecule has 1 atom stereocenters. The van der Waals surface area contributed by atoms with Gasteiger partial charge in [-0.3, -0.25) is 4.79 Å². The van der Waals surface area contributed by atoms with E-state index < -0.39 is 0 Å². The molecule has 1 aliphatic rings. The van der Waals surface area contributed by atoms with E-state index in [-0.39, 0.29) is 11.7 Å². The van der Waals surface area contributed by atoms with Crippen LogP contribution in [0.1, 0.15) is 19.1 Å². The summed E-state index contributed by atoms with van der Waals surface area (Å²) in [5.41, 5.74) is 1.76. The summed E-state index contributed by atoms with van der Waals surface area (Å²) < 4.78 is 10.9. The van der Waals surface area contributed by atoms with Crippen LogP contribution in [0.2, 0.25) is 0 Å². The molecule has 0 fully saturated rings. The minimum Gasteiger partial charge on any atom is -0.469 e. The Balaban J connectivity index is 1.46. The summed E-state index contributed by atoms with van der Waals surface area (Å²) in [6.07, 6.45) is 2.54. The van der Waals surface area contributed by atoms with Crippen molar-refractivity contribution < 1.29 is 13.6 Å². The molecule has 4 rings (SSSR count). The summed E-state index contributed by atoms with van der Waals surface area (Å²) in [7, 11) is 0. The number of para-hydroxylation sites is 1.